The average molecular weight is 336 g/mol. The van der Waals surface area contributed by atoms with Gasteiger partial charge in [0.25, 0.3) is 0 Å². The van der Waals surface area contributed by atoms with Crippen LogP contribution in [0.2, 0.25) is 5.02 Å². The Morgan fingerprint density at radius 2 is 1.82 bits per heavy atom. The van der Waals surface area contributed by atoms with Gasteiger partial charge in [-0.05, 0) is 29.8 Å². The van der Waals surface area contributed by atoms with E-state index in [1.165, 1.54) is 11.8 Å². The molecule has 2 rings (SSSR count). The first-order valence-corrected chi connectivity index (χ1v) is 8.37. The number of amides is 1. The Balaban J connectivity index is 1.55. The van der Waals surface area contributed by atoms with Crippen molar-refractivity contribution in [3.63, 3.8) is 0 Å². The molecule has 0 heterocycles. The maximum absolute atomic E-state index is 11.7. The van der Waals surface area contributed by atoms with E-state index in [1.54, 1.807) is 0 Å². The quantitative estimate of drug-likeness (QED) is 0.589. The van der Waals surface area contributed by atoms with Gasteiger partial charge in [0.2, 0.25) is 5.91 Å². The van der Waals surface area contributed by atoms with E-state index in [4.69, 9.17) is 16.3 Å². The van der Waals surface area contributed by atoms with Crippen molar-refractivity contribution in [2.24, 2.45) is 0 Å². The van der Waals surface area contributed by atoms with Crippen LogP contribution in [0.4, 0.5) is 0 Å². The zero-order chi connectivity index (χ0) is 15.6. The van der Waals surface area contributed by atoms with E-state index in [1.807, 2.05) is 54.6 Å². The highest BCUT2D eigenvalue weighted by molar-refractivity contribution is 8.00. The fourth-order valence-corrected chi connectivity index (χ4v) is 2.61. The third kappa shape index (κ3) is 6.52. The second-order valence-electron chi connectivity index (χ2n) is 4.63. The van der Waals surface area contributed by atoms with Crippen molar-refractivity contribution in [1.82, 2.24) is 5.32 Å². The number of thioether (sulfide) groups is 1. The Kier molecular flexibility index (Phi) is 7.30. The summed E-state index contributed by atoms with van der Waals surface area (Å²) < 4.78 is 5.51. The van der Waals surface area contributed by atoms with Crippen molar-refractivity contribution >= 4 is 29.3 Å². The minimum absolute atomic E-state index is 0.00302. The van der Waals surface area contributed by atoms with Gasteiger partial charge in [0.1, 0.15) is 0 Å². The second kappa shape index (κ2) is 9.51. The van der Waals surface area contributed by atoms with Gasteiger partial charge >= 0.3 is 0 Å². The number of halogens is 1. The maximum Gasteiger partial charge on any atom is 0.230 e. The van der Waals surface area contributed by atoms with E-state index in [9.17, 15) is 4.79 Å². The van der Waals surface area contributed by atoms with Gasteiger partial charge in [-0.15, -0.1) is 11.8 Å². The number of hydrogen-bond donors (Lipinski definition) is 1. The van der Waals surface area contributed by atoms with E-state index in [0.29, 0.717) is 30.5 Å². The first kappa shape index (κ1) is 16.9. The van der Waals surface area contributed by atoms with E-state index in [-0.39, 0.29) is 5.91 Å². The summed E-state index contributed by atoms with van der Waals surface area (Å²) in [5.74, 6) is 0.392. The Bertz CT molecular complexity index is 575. The lowest BCUT2D eigenvalue weighted by Gasteiger charge is -2.07. The number of ether oxygens (including phenoxy) is 1. The molecule has 0 fully saturated rings. The van der Waals surface area contributed by atoms with Gasteiger partial charge < -0.3 is 10.1 Å². The van der Waals surface area contributed by atoms with E-state index in [2.05, 4.69) is 5.32 Å². The van der Waals surface area contributed by atoms with Crippen LogP contribution in [0.25, 0.3) is 0 Å². The zero-order valence-electron chi connectivity index (χ0n) is 12.1. The van der Waals surface area contributed by atoms with Gasteiger partial charge in [-0.1, -0.05) is 41.9 Å². The molecule has 0 atom stereocenters. The number of hydrogen-bond acceptors (Lipinski definition) is 3. The molecule has 0 bridgehead atoms. The highest BCUT2D eigenvalue weighted by atomic mass is 35.5. The van der Waals surface area contributed by atoms with Crippen LogP contribution in [-0.2, 0) is 16.1 Å². The fourth-order valence-electron chi connectivity index (χ4n) is 1.76. The lowest BCUT2D eigenvalue weighted by Crippen LogP contribution is -2.28. The number of nitrogens with one attached hydrogen (secondary N) is 1. The monoisotopic (exact) mass is 335 g/mol. The third-order valence-corrected chi connectivity index (χ3v) is 4.13. The van der Waals surface area contributed by atoms with Crippen molar-refractivity contribution in [3.05, 3.63) is 65.2 Å². The molecule has 0 aromatic heterocycles. The zero-order valence-corrected chi connectivity index (χ0v) is 13.7. The predicted octanol–water partition coefficient (Wildman–Crippen LogP) is 3.77. The molecule has 0 radical (unpaired) electrons. The number of benzene rings is 2. The summed E-state index contributed by atoms with van der Waals surface area (Å²) in [6.07, 6.45) is 0. The summed E-state index contributed by atoms with van der Waals surface area (Å²) in [4.78, 5) is 12.7. The molecule has 0 saturated carbocycles. The van der Waals surface area contributed by atoms with Gasteiger partial charge in [-0.25, -0.2) is 0 Å². The highest BCUT2D eigenvalue weighted by Gasteiger charge is 2.02. The minimum Gasteiger partial charge on any atom is -0.375 e. The van der Waals surface area contributed by atoms with Crippen molar-refractivity contribution in [1.29, 1.82) is 0 Å². The Labute approximate surface area is 140 Å². The number of carbonyl (C=O) groups excluding carboxylic acids is 1. The molecule has 0 saturated heterocycles. The lowest BCUT2D eigenvalue weighted by atomic mass is 10.2. The van der Waals surface area contributed by atoms with Crippen LogP contribution < -0.4 is 5.32 Å². The molecule has 0 aliphatic carbocycles. The van der Waals surface area contributed by atoms with Crippen LogP contribution in [0.15, 0.2) is 59.5 Å². The molecule has 1 amide bonds. The predicted molar refractivity (Wildman–Crippen MR) is 91.3 cm³/mol. The van der Waals surface area contributed by atoms with Crippen LogP contribution in [0, 0.1) is 0 Å². The standard InChI is InChI=1S/C17H18ClNO2S/c18-15-6-8-16(9-7-15)22-13-17(20)19-10-11-21-12-14-4-2-1-3-5-14/h1-9H,10-13H2,(H,19,20). The van der Waals surface area contributed by atoms with E-state index >= 15 is 0 Å². The Morgan fingerprint density at radius 3 is 2.55 bits per heavy atom. The smallest absolute Gasteiger partial charge is 0.230 e. The molecular weight excluding hydrogens is 318 g/mol. The minimum atomic E-state index is 0.00302. The van der Waals surface area contributed by atoms with Gasteiger partial charge in [0, 0.05) is 16.5 Å². The summed E-state index contributed by atoms with van der Waals surface area (Å²) in [5.41, 5.74) is 1.13. The average Bonchev–Trinajstić information content (AvgIpc) is 2.55. The van der Waals surface area contributed by atoms with Crippen molar-refractivity contribution in [2.45, 2.75) is 11.5 Å². The van der Waals surface area contributed by atoms with Crippen LogP contribution in [-0.4, -0.2) is 24.8 Å². The molecule has 116 valence electrons. The maximum atomic E-state index is 11.7. The van der Waals surface area contributed by atoms with Crippen molar-refractivity contribution in [2.75, 3.05) is 18.9 Å². The molecule has 3 nitrogen and oxygen atoms in total. The summed E-state index contributed by atoms with van der Waals surface area (Å²) in [7, 11) is 0. The summed E-state index contributed by atoms with van der Waals surface area (Å²) >= 11 is 7.30. The van der Waals surface area contributed by atoms with Gasteiger partial charge in [-0.2, -0.15) is 0 Å². The van der Waals surface area contributed by atoms with Crippen LogP contribution in [0.5, 0.6) is 0 Å². The van der Waals surface area contributed by atoms with Crippen LogP contribution in [0.3, 0.4) is 0 Å². The molecule has 1 N–H and O–H groups in total. The van der Waals surface area contributed by atoms with E-state index in [0.717, 1.165) is 10.5 Å². The summed E-state index contributed by atoms with van der Waals surface area (Å²) in [5, 5.41) is 3.54. The van der Waals surface area contributed by atoms with Crippen LogP contribution >= 0.6 is 23.4 Å². The molecule has 0 spiro atoms. The number of carbonyl (C=O) groups is 1. The normalized spacial score (nSPS) is 10.4. The molecule has 0 aliphatic heterocycles. The van der Waals surface area contributed by atoms with E-state index < -0.39 is 0 Å². The fraction of sp³-hybridized carbons (Fsp3) is 0.235. The first-order chi connectivity index (χ1) is 10.7. The Hall–Kier alpha value is -1.49. The highest BCUT2D eigenvalue weighted by Crippen LogP contribution is 2.19. The largest absolute Gasteiger partial charge is 0.375 e. The SMILES string of the molecule is O=C(CSc1ccc(Cl)cc1)NCCOCc1ccccc1. The van der Waals surface area contributed by atoms with Crippen molar-refractivity contribution in [3.8, 4) is 0 Å². The van der Waals surface area contributed by atoms with Gasteiger partial charge in [0.15, 0.2) is 0 Å². The summed E-state index contributed by atoms with van der Waals surface area (Å²) in [6, 6.07) is 17.4. The van der Waals surface area contributed by atoms with Gasteiger partial charge in [0.05, 0.1) is 19.0 Å². The van der Waals surface area contributed by atoms with Gasteiger partial charge in [-0.3, -0.25) is 4.79 Å². The first-order valence-electron chi connectivity index (χ1n) is 7.01. The molecule has 2 aromatic rings. The molecular formula is C17H18ClNO2S. The molecule has 22 heavy (non-hydrogen) atoms. The summed E-state index contributed by atoms with van der Waals surface area (Å²) in [6.45, 7) is 1.59. The third-order valence-electron chi connectivity index (χ3n) is 2.86. The van der Waals surface area contributed by atoms with Crippen molar-refractivity contribution < 1.29 is 9.53 Å². The second-order valence-corrected chi connectivity index (χ2v) is 6.12. The lowest BCUT2D eigenvalue weighted by molar-refractivity contribution is -0.118. The molecule has 0 unspecified atom stereocenters. The molecule has 5 heteroatoms. The molecule has 2 aromatic carbocycles. The molecule has 0 aliphatic rings. The Morgan fingerprint density at radius 1 is 1.09 bits per heavy atom. The van der Waals surface area contributed by atoms with Crippen LogP contribution in [0.1, 0.15) is 5.56 Å². The topological polar surface area (TPSA) is 38.3 Å². The number of rotatable bonds is 8.